The van der Waals surface area contributed by atoms with Crippen molar-refractivity contribution in [1.82, 2.24) is 0 Å². The Morgan fingerprint density at radius 2 is 2.20 bits per heavy atom. The summed E-state index contributed by atoms with van der Waals surface area (Å²) >= 11 is 5.70. The van der Waals surface area contributed by atoms with Gasteiger partial charge < -0.3 is 4.74 Å². The van der Waals surface area contributed by atoms with Crippen molar-refractivity contribution < 1.29 is 9.53 Å². The van der Waals surface area contributed by atoms with Gasteiger partial charge in [-0.05, 0) is 13.3 Å². The molecule has 0 bridgehead atoms. The zero-order valence-corrected chi connectivity index (χ0v) is 7.15. The molecule has 0 aliphatic carbocycles. The summed E-state index contributed by atoms with van der Waals surface area (Å²) in [5.41, 5.74) is 0. The second kappa shape index (κ2) is 5.54. The van der Waals surface area contributed by atoms with Crippen LogP contribution in [0.3, 0.4) is 0 Å². The summed E-state index contributed by atoms with van der Waals surface area (Å²) in [7, 11) is 0. The number of carbonyl (C=O) groups excluding carboxylic acids is 1. The van der Waals surface area contributed by atoms with Crippen molar-refractivity contribution in [3.05, 3.63) is 0 Å². The molecule has 0 saturated carbocycles. The van der Waals surface area contributed by atoms with Crippen molar-refractivity contribution in [3.63, 3.8) is 0 Å². The van der Waals surface area contributed by atoms with Crippen LogP contribution in [0, 0.1) is 0 Å². The molecule has 60 valence electrons. The van der Waals surface area contributed by atoms with E-state index in [4.69, 9.17) is 16.3 Å². The fourth-order valence-electron chi connectivity index (χ4n) is 0.545. The zero-order chi connectivity index (χ0) is 7.98. The van der Waals surface area contributed by atoms with Crippen LogP contribution in [0.5, 0.6) is 0 Å². The predicted octanol–water partition coefficient (Wildman–Crippen LogP) is 1.96. The Balaban J connectivity index is 3.37. The molecule has 0 heterocycles. The summed E-state index contributed by atoms with van der Waals surface area (Å²) in [6.07, 6.45) is 1.13. The quantitative estimate of drug-likeness (QED) is 0.469. The van der Waals surface area contributed by atoms with Gasteiger partial charge in [0.25, 0.3) is 0 Å². The molecule has 0 rings (SSSR count). The molecule has 0 aliphatic heterocycles. The molecule has 0 unspecified atom stereocenters. The molecule has 0 aromatic rings. The van der Waals surface area contributed by atoms with Crippen LogP contribution in [0.4, 0.5) is 0 Å². The largest absolute Gasteiger partial charge is 0.466 e. The molecule has 0 aliphatic rings. The second-order valence-corrected chi connectivity index (χ2v) is 2.63. The monoisotopic (exact) mass is 164 g/mol. The summed E-state index contributed by atoms with van der Waals surface area (Å²) in [6, 6.07) is 0. The Bertz CT molecular complexity index is 104. The van der Waals surface area contributed by atoms with Crippen LogP contribution in [-0.4, -0.2) is 18.0 Å². The SMILES string of the molecule is CCOC(=O)C[C@@H](Cl)CC. The van der Waals surface area contributed by atoms with Gasteiger partial charge in [0.2, 0.25) is 0 Å². The van der Waals surface area contributed by atoms with E-state index in [-0.39, 0.29) is 11.3 Å². The van der Waals surface area contributed by atoms with Gasteiger partial charge in [-0.25, -0.2) is 0 Å². The van der Waals surface area contributed by atoms with Gasteiger partial charge in [0.15, 0.2) is 0 Å². The third-order valence-corrected chi connectivity index (χ3v) is 1.60. The lowest BCUT2D eigenvalue weighted by Gasteiger charge is -2.04. The molecule has 2 nitrogen and oxygen atoms in total. The first kappa shape index (κ1) is 9.76. The van der Waals surface area contributed by atoms with Crippen LogP contribution in [0.1, 0.15) is 26.7 Å². The molecule has 0 aromatic heterocycles. The lowest BCUT2D eigenvalue weighted by Crippen LogP contribution is -2.10. The third kappa shape index (κ3) is 4.62. The highest BCUT2D eigenvalue weighted by Crippen LogP contribution is 2.06. The molecule has 1 atom stereocenters. The molecule has 0 radical (unpaired) electrons. The molecule has 0 aromatic carbocycles. The van der Waals surface area contributed by atoms with Crippen LogP contribution in [0.15, 0.2) is 0 Å². The van der Waals surface area contributed by atoms with E-state index in [1.165, 1.54) is 0 Å². The average molecular weight is 165 g/mol. The topological polar surface area (TPSA) is 26.3 Å². The van der Waals surface area contributed by atoms with Gasteiger partial charge in [-0.15, -0.1) is 11.6 Å². The van der Waals surface area contributed by atoms with Gasteiger partial charge >= 0.3 is 5.97 Å². The highest BCUT2D eigenvalue weighted by atomic mass is 35.5. The number of alkyl halides is 1. The van der Waals surface area contributed by atoms with Gasteiger partial charge in [-0.1, -0.05) is 6.92 Å². The Hall–Kier alpha value is -0.240. The summed E-state index contributed by atoms with van der Waals surface area (Å²) < 4.78 is 4.69. The number of halogens is 1. The number of hydrogen-bond acceptors (Lipinski definition) is 2. The number of hydrogen-bond donors (Lipinski definition) is 0. The molecular formula is C7H13ClO2. The van der Waals surface area contributed by atoms with E-state index in [9.17, 15) is 4.79 Å². The normalized spacial score (nSPS) is 12.7. The minimum atomic E-state index is -0.204. The lowest BCUT2D eigenvalue weighted by atomic mass is 10.2. The number of carbonyl (C=O) groups is 1. The van der Waals surface area contributed by atoms with Crippen molar-refractivity contribution in [1.29, 1.82) is 0 Å². The maximum Gasteiger partial charge on any atom is 0.307 e. The first-order chi connectivity index (χ1) is 4.70. The molecular weight excluding hydrogens is 152 g/mol. The minimum Gasteiger partial charge on any atom is -0.466 e. The van der Waals surface area contributed by atoms with Crippen molar-refractivity contribution in [3.8, 4) is 0 Å². The van der Waals surface area contributed by atoms with E-state index < -0.39 is 0 Å². The van der Waals surface area contributed by atoms with E-state index in [0.717, 1.165) is 6.42 Å². The molecule has 0 saturated heterocycles. The molecule has 10 heavy (non-hydrogen) atoms. The van der Waals surface area contributed by atoms with Crippen LogP contribution in [0.2, 0.25) is 0 Å². The van der Waals surface area contributed by atoms with E-state index in [0.29, 0.717) is 13.0 Å². The first-order valence-electron chi connectivity index (χ1n) is 3.50. The van der Waals surface area contributed by atoms with Crippen molar-refractivity contribution in [2.45, 2.75) is 32.1 Å². The first-order valence-corrected chi connectivity index (χ1v) is 3.94. The van der Waals surface area contributed by atoms with E-state index in [1.807, 2.05) is 6.92 Å². The third-order valence-electron chi connectivity index (χ3n) is 1.14. The second-order valence-electron chi connectivity index (χ2n) is 2.01. The van der Waals surface area contributed by atoms with Crippen molar-refractivity contribution >= 4 is 17.6 Å². The summed E-state index contributed by atoms with van der Waals surface area (Å²) in [5.74, 6) is -0.204. The van der Waals surface area contributed by atoms with Gasteiger partial charge in [-0.2, -0.15) is 0 Å². The van der Waals surface area contributed by atoms with E-state index in [2.05, 4.69) is 0 Å². The Kier molecular flexibility index (Phi) is 5.40. The Morgan fingerprint density at radius 3 is 2.60 bits per heavy atom. The molecule has 0 amide bonds. The number of rotatable bonds is 4. The maximum absolute atomic E-state index is 10.7. The molecule has 0 fully saturated rings. The van der Waals surface area contributed by atoms with Crippen LogP contribution in [0.25, 0.3) is 0 Å². The van der Waals surface area contributed by atoms with Crippen LogP contribution >= 0.6 is 11.6 Å². The van der Waals surface area contributed by atoms with Crippen molar-refractivity contribution in [2.75, 3.05) is 6.61 Å². The zero-order valence-electron chi connectivity index (χ0n) is 6.39. The van der Waals surface area contributed by atoms with E-state index >= 15 is 0 Å². The summed E-state index contributed by atoms with van der Waals surface area (Å²) in [6.45, 7) is 4.16. The van der Waals surface area contributed by atoms with Gasteiger partial charge in [0, 0.05) is 5.38 Å². The van der Waals surface area contributed by atoms with Crippen LogP contribution < -0.4 is 0 Å². The van der Waals surface area contributed by atoms with Crippen molar-refractivity contribution in [2.24, 2.45) is 0 Å². The fraction of sp³-hybridized carbons (Fsp3) is 0.857. The molecule has 0 N–H and O–H groups in total. The van der Waals surface area contributed by atoms with Gasteiger partial charge in [-0.3, -0.25) is 4.79 Å². The minimum absolute atomic E-state index is 0.0703. The standard InChI is InChI=1S/C7H13ClO2/c1-3-6(8)5-7(9)10-4-2/h6H,3-5H2,1-2H3/t6-/m0/s1. The van der Waals surface area contributed by atoms with E-state index in [1.54, 1.807) is 6.92 Å². The summed E-state index contributed by atoms with van der Waals surface area (Å²) in [5, 5.41) is -0.0703. The number of esters is 1. The Labute approximate surface area is 66.5 Å². The predicted molar refractivity (Wildman–Crippen MR) is 41.2 cm³/mol. The molecule has 0 spiro atoms. The summed E-state index contributed by atoms with van der Waals surface area (Å²) in [4.78, 5) is 10.7. The van der Waals surface area contributed by atoms with Gasteiger partial charge in [0.1, 0.15) is 0 Å². The highest BCUT2D eigenvalue weighted by molar-refractivity contribution is 6.21. The Morgan fingerprint density at radius 1 is 1.60 bits per heavy atom. The average Bonchev–Trinajstić information content (AvgIpc) is 1.88. The smallest absolute Gasteiger partial charge is 0.307 e. The maximum atomic E-state index is 10.7. The molecule has 3 heteroatoms. The fourth-order valence-corrected chi connectivity index (χ4v) is 0.671. The van der Waals surface area contributed by atoms with Gasteiger partial charge in [0.05, 0.1) is 13.0 Å². The lowest BCUT2D eigenvalue weighted by molar-refractivity contribution is -0.143. The number of ether oxygens (including phenoxy) is 1. The van der Waals surface area contributed by atoms with Crippen LogP contribution in [-0.2, 0) is 9.53 Å². The highest BCUT2D eigenvalue weighted by Gasteiger charge is 2.08.